The number of nitrogens with one attached hydrogen (secondary N) is 3. The first-order chi connectivity index (χ1) is 17.5. The van der Waals surface area contributed by atoms with Gasteiger partial charge < -0.3 is 26.2 Å². The number of thiol groups is 1. The Morgan fingerprint density at radius 1 is 0.973 bits per heavy atom. The number of anilines is 1. The summed E-state index contributed by atoms with van der Waals surface area (Å²) in [6.45, 7) is 1.49. The zero-order valence-corrected chi connectivity index (χ0v) is 21.8. The highest BCUT2D eigenvalue weighted by atomic mass is 32.2. The summed E-state index contributed by atoms with van der Waals surface area (Å²) >= 11 is 5.46. The van der Waals surface area contributed by atoms with Gasteiger partial charge in [-0.2, -0.15) is 12.6 Å². The number of benzene rings is 2. The summed E-state index contributed by atoms with van der Waals surface area (Å²) in [5, 5.41) is 24.0. The van der Waals surface area contributed by atoms with Gasteiger partial charge in [0.2, 0.25) is 17.7 Å². The maximum atomic E-state index is 12.9. The van der Waals surface area contributed by atoms with Crippen molar-refractivity contribution in [2.75, 3.05) is 11.9 Å². The summed E-state index contributed by atoms with van der Waals surface area (Å²) in [5.41, 5.74) is 2.81. The van der Waals surface area contributed by atoms with Crippen LogP contribution in [-0.4, -0.2) is 57.7 Å². The van der Waals surface area contributed by atoms with E-state index in [1.807, 2.05) is 25.1 Å². The Morgan fingerprint density at radius 3 is 2.32 bits per heavy atom. The normalized spacial score (nSPS) is 12.2. The Kier molecular flexibility index (Phi) is 12.0. The number of carbonyl (C=O) groups excluding carboxylic acids is 3. The second kappa shape index (κ2) is 14.9. The Morgan fingerprint density at radius 2 is 1.68 bits per heavy atom. The van der Waals surface area contributed by atoms with Gasteiger partial charge in [-0.15, -0.1) is 11.8 Å². The molecule has 1 unspecified atom stereocenters. The molecule has 0 aliphatic carbocycles. The lowest BCUT2D eigenvalue weighted by Gasteiger charge is -2.18. The quantitative estimate of drug-likeness (QED) is 0.155. The number of carboxylic acids is 2. The van der Waals surface area contributed by atoms with Crippen LogP contribution in [0.3, 0.4) is 0 Å². The molecule has 198 valence electrons. The van der Waals surface area contributed by atoms with Crippen LogP contribution >= 0.6 is 24.4 Å². The first-order valence-corrected chi connectivity index (χ1v) is 12.8. The van der Waals surface area contributed by atoms with Gasteiger partial charge in [0.05, 0.1) is 18.2 Å². The molecule has 12 heteroatoms. The summed E-state index contributed by atoms with van der Waals surface area (Å²) in [7, 11) is 0. The molecule has 2 aromatic carbocycles. The van der Waals surface area contributed by atoms with Gasteiger partial charge in [0, 0.05) is 22.8 Å². The van der Waals surface area contributed by atoms with Crippen LogP contribution in [0.25, 0.3) is 0 Å². The number of aliphatic carboxylic acids is 2. The van der Waals surface area contributed by atoms with E-state index < -0.39 is 53.9 Å². The molecule has 2 atom stereocenters. The number of aryl methyl sites for hydroxylation is 1. The van der Waals surface area contributed by atoms with Crippen molar-refractivity contribution in [2.45, 2.75) is 48.1 Å². The van der Waals surface area contributed by atoms with Crippen molar-refractivity contribution in [1.82, 2.24) is 10.6 Å². The predicted octanol–water partition coefficient (Wildman–Crippen LogP) is 2.46. The van der Waals surface area contributed by atoms with Crippen LogP contribution in [0.1, 0.15) is 30.4 Å². The minimum atomic E-state index is -1.22. The van der Waals surface area contributed by atoms with Crippen molar-refractivity contribution in [2.24, 2.45) is 0 Å². The Balaban J connectivity index is 1.97. The van der Waals surface area contributed by atoms with Gasteiger partial charge in [0.15, 0.2) is 0 Å². The SMILES string of the molecule is Cc1ccc(CSc2cccc(NC(=O)[C@H](CCC(=O)O)NC(=O)CNC(=O)C(S)CC(=O)O)c2)cc1. The van der Waals surface area contributed by atoms with Gasteiger partial charge in [0.1, 0.15) is 6.04 Å². The lowest BCUT2D eigenvalue weighted by Crippen LogP contribution is -2.48. The van der Waals surface area contributed by atoms with E-state index in [0.29, 0.717) is 5.69 Å². The van der Waals surface area contributed by atoms with E-state index >= 15 is 0 Å². The zero-order valence-electron chi connectivity index (χ0n) is 20.1. The second-order valence-electron chi connectivity index (χ2n) is 8.18. The zero-order chi connectivity index (χ0) is 27.4. The average molecular weight is 548 g/mol. The largest absolute Gasteiger partial charge is 0.481 e. The van der Waals surface area contributed by atoms with E-state index in [9.17, 15) is 24.0 Å². The predicted molar refractivity (Wildman–Crippen MR) is 143 cm³/mol. The van der Waals surface area contributed by atoms with E-state index in [0.717, 1.165) is 16.2 Å². The van der Waals surface area contributed by atoms with Gasteiger partial charge in [-0.3, -0.25) is 24.0 Å². The molecule has 37 heavy (non-hydrogen) atoms. The summed E-state index contributed by atoms with van der Waals surface area (Å²) in [5.74, 6) is -3.73. The molecule has 2 aromatic rings. The molecule has 3 amide bonds. The number of rotatable bonds is 14. The monoisotopic (exact) mass is 547 g/mol. The standard InChI is InChI=1S/C25H29N3O7S2/c1-15-5-7-16(8-6-15)14-37-18-4-2-3-17(11-18)27-24(34)19(9-10-22(30)31)28-21(29)13-26-25(35)20(36)12-23(32)33/h2-8,11,19-20,36H,9-10,12-14H2,1H3,(H,26,35)(H,27,34)(H,28,29)(H,30,31)(H,32,33)/t19-,20?/m0/s1. The molecular weight excluding hydrogens is 518 g/mol. The number of hydrogen-bond donors (Lipinski definition) is 6. The van der Waals surface area contributed by atoms with Gasteiger partial charge in [-0.1, -0.05) is 35.9 Å². The molecule has 10 nitrogen and oxygen atoms in total. The molecule has 0 aromatic heterocycles. The Bertz CT molecular complexity index is 1130. The van der Waals surface area contributed by atoms with Crippen molar-refractivity contribution in [1.29, 1.82) is 0 Å². The van der Waals surface area contributed by atoms with Crippen LogP contribution < -0.4 is 16.0 Å². The van der Waals surface area contributed by atoms with E-state index in [-0.39, 0.29) is 12.8 Å². The van der Waals surface area contributed by atoms with Crippen molar-refractivity contribution in [3.05, 3.63) is 59.7 Å². The number of amides is 3. The Labute approximate surface area is 224 Å². The molecule has 5 N–H and O–H groups in total. The third kappa shape index (κ3) is 11.4. The van der Waals surface area contributed by atoms with Crippen LogP contribution in [0.2, 0.25) is 0 Å². The highest BCUT2D eigenvalue weighted by molar-refractivity contribution is 7.98. The number of hydrogen-bond acceptors (Lipinski definition) is 7. The molecule has 0 spiro atoms. The van der Waals surface area contributed by atoms with Crippen LogP contribution in [0.15, 0.2) is 53.4 Å². The topological polar surface area (TPSA) is 162 Å². The second-order valence-corrected chi connectivity index (χ2v) is 9.85. The molecular formula is C25H29N3O7S2. The molecule has 0 saturated carbocycles. The number of thioether (sulfide) groups is 1. The van der Waals surface area contributed by atoms with Crippen molar-refractivity contribution < 1.29 is 34.2 Å². The van der Waals surface area contributed by atoms with Gasteiger partial charge in [-0.25, -0.2) is 0 Å². The van der Waals surface area contributed by atoms with Crippen molar-refractivity contribution in [3.63, 3.8) is 0 Å². The molecule has 0 aliphatic heterocycles. The maximum absolute atomic E-state index is 12.9. The fraction of sp³-hybridized carbons (Fsp3) is 0.320. The number of carboxylic acid groups (broad SMARTS) is 2. The fourth-order valence-corrected chi connectivity index (χ4v) is 4.23. The average Bonchev–Trinajstić information content (AvgIpc) is 2.84. The summed E-state index contributed by atoms with van der Waals surface area (Å²) in [6.07, 6.45) is -1.06. The molecule has 2 rings (SSSR count). The fourth-order valence-electron chi connectivity index (χ4n) is 3.07. The molecule has 0 heterocycles. The third-order valence-corrected chi connectivity index (χ3v) is 6.50. The van der Waals surface area contributed by atoms with Gasteiger partial charge >= 0.3 is 11.9 Å². The van der Waals surface area contributed by atoms with Crippen LogP contribution in [0.4, 0.5) is 5.69 Å². The smallest absolute Gasteiger partial charge is 0.304 e. The van der Waals surface area contributed by atoms with E-state index in [2.05, 4.69) is 40.7 Å². The minimum absolute atomic E-state index is 0.170. The minimum Gasteiger partial charge on any atom is -0.481 e. The van der Waals surface area contributed by atoms with Crippen molar-refractivity contribution >= 4 is 59.7 Å². The highest BCUT2D eigenvalue weighted by Gasteiger charge is 2.23. The van der Waals surface area contributed by atoms with E-state index in [4.69, 9.17) is 10.2 Å². The molecule has 0 saturated heterocycles. The summed E-state index contributed by atoms with van der Waals surface area (Å²) < 4.78 is 0. The first kappa shape index (κ1) is 29.7. The molecule has 0 aliphatic rings. The van der Waals surface area contributed by atoms with Crippen molar-refractivity contribution in [3.8, 4) is 0 Å². The van der Waals surface area contributed by atoms with Crippen LogP contribution in [0, 0.1) is 6.92 Å². The lowest BCUT2D eigenvalue weighted by atomic mass is 10.1. The summed E-state index contributed by atoms with van der Waals surface area (Å²) in [6, 6.07) is 14.1. The van der Waals surface area contributed by atoms with E-state index in [1.165, 1.54) is 5.56 Å². The van der Waals surface area contributed by atoms with Crippen LogP contribution in [0.5, 0.6) is 0 Å². The van der Waals surface area contributed by atoms with Crippen LogP contribution in [-0.2, 0) is 29.7 Å². The molecule has 0 bridgehead atoms. The lowest BCUT2D eigenvalue weighted by molar-refractivity contribution is -0.139. The maximum Gasteiger partial charge on any atom is 0.304 e. The van der Waals surface area contributed by atoms with Gasteiger partial charge in [0.25, 0.3) is 0 Å². The third-order valence-electron chi connectivity index (χ3n) is 5.02. The number of carbonyl (C=O) groups is 5. The molecule has 0 fully saturated rings. The highest BCUT2D eigenvalue weighted by Crippen LogP contribution is 2.25. The molecule has 0 radical (unpaired) electrons. The van der Waals surface area contributed by atoms with E-state index in [1.54, 1.807) is 30.0 Å². The first-order valence-electron chi connectivity index (χ1n) is 11.3. The van der Waals surface area contributed by atoms with Gasteiger partial charge in [-0.05, 0) is 37.1 Å². The summed E-state index contributed by atoms with van der Waals surface area (Å²) in [4.78, 5) is 59.7. The Hall–Kier alpha value is -3.51.